The third kappa shape index (κ3) is 12.9. The molecule has 0 saturated heterocycles. The van der Waals surface area contributed by atoms with E-state index in [1.807, 2.05) is 47.4 Å². The van der Waals surface area contributed by atoms with Gasteiger partial charge >= 0.3 is 5.97 Å². The summed E-state index contributed by atoms with van der Waals surface area (Å²) in [6.45, 7) is 6.37. The van der Waals surface area contributed by atoms with E-state index in [2.05, 4.69) is 24.4 Å². The maximum Gasteiger partial charge on any atom is 0.305 e. The first-order chi connectivity index (χ1) is 21.5. The number of fused-ring (bicyclic) bond motifs is 2. The lowest BCUT2D eigenvalue weighted by atomic mass is 9.96. The summed E-state index contributed by atoms with van der Waals surface area (Å²) in [7, 11) is 0. The molecule has 3 rings (SSSR count). The summed E-state index contributed by atoms with van der Waals surface area (Å²) in [6, 6.07) is 16.0. The van der Waals surface area contributed by atoms with E-state index < -0.39 is 5.97 Å². The SMILES string of the molecule is C/C1=C/c2ccccc2CN(C(=O)CCNC(=O)CCOCCOCCOCCOCCOCCC(=O)O)c2ccccc21. The molecule has 0 fully saturated rings. The van der Waals surface area contributed by atoms with Crippen LogP contribution in [0, 0.1) is 0 Å². The monoisotopic (exact) mass is 612 g/mol. The number of anilines is 1. The lowest BCUT2D eigenvalue weighted by molar-refractivity contribution is -0.138. The van der Waals surface area contributed by atoms with Crippen LogP contribution in [0.4, 0.5) is 5.69 Å². The lowest BCUT2D eigenvalue weighted by Gasteiger charge is -2.28. The van der Waals surface area contributed by atoms with E-state index in [-0.39, 0.29) is 50.8 Å². The first-order valence-electron chi connectivity index (χ1n) is 15.0. The van der Waals surface area contributed by atoms with E-state index in [9.17, 15) is 14.4 Å². The number of hydrogen-bond acceptors (Lipinski definition) is 8. The van der Waals surface area contributed by atoms with Crippen molar-refractivity contribution >= 4 is 35.1 Å². The lowest BCUT2D eigenvalue weighted by Crippen LogP contribution is -2.35. The van der Waals surface area contributed by atoms with Crippen molar-refractivity contribution in [1.29, 1.82) is 0 Å². The summed E-state index contributed by atoms with van der Waals surface area (Å²) in [5, 5.41) is 11.3. The molecule has 0 atom stereocenters. The maximum atomic E-state index is 13.3. The second kappa shape index (κ2) is 20.4. The van der Waals surface area contributed by atoms with Crippen LogP contribution in [0.15, 0.2) is 48.5 Å². The van der Waals surface area contributed by atoms with Gasteiger partial charge in [-0.25, -0.2) is 0 Å². The normalized spacial score (nSPS) is 13.7. The van der Waals surface area contributed by atoms with Gasteiger partial charge in [0.2, 0.25) is 11.8 Å². The minimum absolute atomic E-state index is 0.0166. The summed E-state index contributed by atoms with van der Waals surface area (Å²) in [4.78, 5) is 37.8. The smallest absolute Gasteiger partial charge is 0.305 e. The molecule has 1 aliphatic rings. The van der Waals surface area contributed by atoms with E-state index in [4.69, 9.17) is 28.8 Å². The summed E-state index contributed by atoms with van der Waals surface area (Å²) in [5.74, 6) is -1.10. The predicted octanol–water partition coefficient (Wildman–Crippen LogP) is 3.55. The van der Waals surface area contributed by atoms with E-state index in [0.717, 1.165) is 28.0 Å². The topological polar surface area (TPSA) is 133 Å². The molecule has 0 saturated carbocycles. The summed E-state index contributed by atoms with van der Waals surface area (Å²) in [5.41, 5.74) is 5.16. The van der Waals surface area contributed by atoms with Gasteiger partial charge in [-0.2, -0.15) is 0 Å². The van der Waals surface area contributed by atoms with Crippen LogP contribution in [0.1, 0.15) is 42.9 Å². The van der Waals surface area contributed by atoms with E-state index in [1.54, 1.807) is 0 Å². The summed E-state index contributed by atoms with van der Waals surface area (Å²) >= 11 is 0. The van der Waals surface area contributed by atoms with Crippen molar-refractivity contribution in [1.82, 2.24) is 5.32 Å². The number of carbonyl (C=O) groups excluding carboxylic acids is 2. The minimum Gasteiger partial charge on any atom is -0.481 e. The summed E-state index contributed by atoms with van der Waals surface area (Å²) in [6.07, 6.45) is 2.54. The fourth-order valence-electron chi connectivity index (χ4n) is 4.49. The Morgan fingerprint density at radius 3 is 1.91 bits per heavy atom. The van der Waals surface area contributed by atoms with Crippen molar-refractivity contribution in [3.8, 4) is 0 Å². The van der Waals surface area contributed by atoms with Gasteiger partial charge in [0.1, 0.15) is 0 Å². The first-order valence-corrected chi connectivity index (χ1v) is 15.0. The zero-order valence-corrected chi connectivity index (χ0v) is 25.5. The van der Waals surface area contributed by atoms with Crippen molar-refractivity contribution in [2.24, 2.45) is 0 Å². The molecular weight excluding hydrogens is 568 g/mol. The molecule has 2 aromatic rings. The molecule has 44 heavy (non-hydrogen) atoms. The Labute approximate surface area is 259 Å². The van der Waals surface area contributed by atoms with E-state index >= 15 is 0 Å². The van der Waals surface area contributed by atoms with Gasteiger partial charge in [0.05, 0.1) is 84.7 Å². The molecule has 2 N–H and O–H groups in total. The van der Waals surface area contributed by atoms with Gasteiger partial charge in [0.25, 0.3) is 0 Å². The highest BCUT2D eigenvalue weighted by atomic mass is 16.6. The summed E-state index contributed by atoms with van der Waals surface area (Å²) < 4.78 is 26.8. The second-order valence-electron chi connectivity index (χ2n) is 10.1. The molecule has 1 aliphatic heterocycles. The molecule has 2 amide bonds. The van der Waals surface area contributed by atoms with Gasteiger partial charge in [0, 0.05) is 24.9 Å². The molecule has 11 nitrogen and oxygen atoms in total. The van der Waals surface area contributed by atoms with Crippen molar-refractivity contribution in [2.75, 3.05) is 77.5 Å². The number of ether oxygens (including phenoxy) is 5. The number of carboxylic acid groups (broad SMARTS) is 1. The number of nitrogens with one attached hydrogen (secondary N) is 1. The van der Waals surface area contributed by atoms with Gasteiger partial charge in [-0.1, -0.05) is 48.5 Å². The number of carboxylic acids is 1. The molecule has 2 aromatic carbocycles. The standard InChI is InChI=1S/C33H44N2O9/c1-26-24-27-6-2-3-7-28(27)25-35(30-9-5-4-8-29(26)30)32(37)10-13-34-31(36)11-14-40-16-18-42-20-22-44-23-21-43-19-17-41-15-12-33(38)39/h2-9,24H,10-23,25H2,1H3,(H,34,36)(H,38,39)/b26-24-. The van der Waals surface area contributed by atoms with Crippen molar-refractivity contribution in [2.45, 2.75) is 32.7 Å². The van der Waals surface area contributed by atoms with Crippen LogP contribution in [-0.2, 0) is 44.6 Å². The Balaban J connectivity index is 1.21. The van der Waals surface area contributed by atoms with Crippen LogP contribution in [0.3, 0.4) is 0 Å². The molecule has 11 heteroatoms. The molecule has 0 spiro atoms. The number of benzene rings is 2. The van der Waals surface area contributed by atoms with Crippen LogP contribution >= 0.6 is 0 Å². The third-order valence-electron chi connectivity index (χ3n) is 6.76. The van der Waals surface area contributed by atoms with Crippen molar-refractivity contribution < 1.29 is 43.2 Å². The molecule has 0 aliphatic carbocycles. The largest absolute Gasteiger partial charge is 0.481 e. The maximum absolute atomic E-state index is 13.3. The number of carbonyl (C=O) groups is 3. The molecular formula is C33H44N2O9. The average molecular weight is 613 g/mol. The van der Waals surface area contributed by atoms with Gasteiger partial charge in [-0.15, -0.1) is 0 Å². The van der Waals surface area contributed by atoms with Gasteiger partial charge < -0.3 is 39.0 Å². The Kier molecular flexibility index (Phi) is 16.1. The van der Waals surface area contributed by atoms with E-state index in [1.165, 1.54) is 0 Å². The molecule has 0 unspecified atom stereocenters. The van der Waals surface area contributed by atoms with Gasteiger partial charge in [-0.05, 0) is 29.7 Å². The highest BCUT2D eigenvalue weighted by Gasteiger charge is 2.22. The first kappa shape index (κ1) is 34.9. The Bertz CT molecular complexity index is 1220. The second-order valence-corrected chi connectivity index (χ2v) is 10.1. The fourth-order valence-corrected chi connectivity index (χ4v) is 4.49. The van der Waals surface area contributed by atoms with Crippen LogP contribution in [0.25, 0.3) is 11.6 Å². The number of para-hydroxylation sites is 1. The number of amides is 2. The Hall–Kier alpha value is -3.61. The van der Waals surface area contributed by atoms with Crippen LogP contribution in [-0.4, -0.2) is 95.5 Å². The minimum atomic E-state index is -0.886. The van der Waals surface area contributed by atoms with Crippen molar-refractivity contribution in [3.63, 3.8) is 0 Å². The molecule has 0 radical (unpaired) electrons. The predicted molar refractivity (Wildman–Crippen MR) is 166 cm³/mol. The Morgan fingerprint density at radius 2 is 1.27 bits per heavy atom. The van der Waals surface area contributed by atoms with Gasteiger partial charge in [-0.3, -0.25) is 14.4 Å². The average Bonchev–Trinajstić information content (AvgIpc) is 3.01. The van der Waals surface area contributed by atoms with Gasteiger partial charge in [0.15, 0.2) is 0 Å². The van der Waals surface area contributed by atoms with Crippen LogP contribution in [0.2, 0.25) is 0 Å². The number of rotatable bonds is 21. The highest BCUT2D eigenvalue weighted by Crippen LogP contribution is 2.33. The third-order valence-corrected chi connectivity index (χ3v) is 6.76. The number of nitrogens with zero attached hydrogens (tertiary/aromatic N) is 1. The molecule has 0 bridgehead atoms. The fraction of sp³-hybridized carbons (Fsp3) is 0.485. The molecule has 240 valence electrons. The number of hydrogen-bond donors (Lipinski definition) is 2. The quantitative estimate of drug-likeness (QED) is 0.203. The number of aliphatic carboxylic acids is 1. The van der Waals surface area contributed by atoms with Crippen molar-refractivity contribution in [3.05, 3.63) is 65.2 Å². The Morgan fingerprint density at radius 1 is 0.727 bits per heavy atom. The zero-order valence-electron chi connectivity index (χ0n) is 25.5. The highest BCUT2D eigenvalue weighted by molar-refractivity contribution is 5.99. The zero-order chi connectivity index (χ0) is 31.4. The molecule has 0 aromatic heterocycles. The van der Waals surface area contributed by atoms with Crippen LogP contribution < -0.4 is 10.2 Å². The number of allylic oxidation sites excluding steroid dienone is 1. The van der Waals surface area contributed by atoms with E-state index in [0.29, 0.717) is 59.4 Å². The van der Waals surface area contributed by atoms with Crippen LogP contribution in [0.5, 0.6) is 0 Å². The molecule has 1 heterocycles.